The summed E-state index contributed by atoms with van der Waals surface area (Å²) in [5, 5.41) is 3.04. The van der Waals surface area contributed by atoms with E-state index in [1.54, 1.807) is 36.4 Å². The van der Waals surface area contributed by atoms with Gasteiger partial charge in [-0.2, -0.15) is 0 Å². The van der Waals surface area contributed by atoms with Crippen LogP contribution in [0.5, 0.6) is 5.75 Å². The third-order valence-corrected chi connectivity index (χ3v) is 4.05. The molecule has 2 aromatic carbocycles. The van der Waals surface area contributed by atoms with Gasteiger partial charge >= 0.3 is 5.97 Å². The van der Waals surface area contributed by atoms with Gasteiger partial charge in [-0.1, -0.05) is 51.3 Å². The molecule has 0 unspecified atom stereocenters. The quantitative estimate of drug-likeness (QED) is 0.690. The molecule has 0 aliphatic rings. The fraction of sp³-hybridized carbons (Fsp3) is 0.125. The summed E-state index contributed by atoms with van der Waals surface area (Å²) in [6.07, 6.45) is 0. The molecule has 0 radical (unpaired) electrons. The number of hydrogen-bond donors (Lipinski definition) is 1. The number of ether oxygens (including phenoxy) is 2. The van der Waals surface area contributed by atoms with Crippen molar-refractivity contribution >= 4 is 56.7 Å². The van der Waals surface area contributed by atoms with Crippen LogP contribution < -0.4 is 10.1 Å². The summed E-state index contributed by atoms with van der Waals surface area (Å²) in [5.74, 6) is -0.686. The zero-order chi connectivity index (χ0) is 17.5. The molecule has 0 atom stereocenters. The third-order valence-electron chi connectivity index (χ3n) is 2.74. The van der Waals surface area contributed by atoms with Crippen LogP contribution in [-0.2, 0) is 14.3 Å². The smallest absolute Gasteiger partial charge is 0.344 e. The molecule has 126 valence electrons. The van der Waals surface area contributed by atoms with Crippen molar-refractivity contribution in [1.82, 2.24) is 0 Å². The van der Waals surface area contributed by atoms with Crippen LogP contribution in [0.4, 0.5) is 5.69 Å². The zero-order valence-corrected chi connectivity index (χ0v) is 15.3. The average Bonchev–Trinajstić information content (AvgIpc) is 2.55. The third kappa shape index (κ3) is 5.70. The molecule has 0 spiro atoms. The lowest BCUT2D eigenvalue weighted by molar-refractivity contribution is -0.149. The summed E-state index contributed by atoms with van der Waals surface area (Å²) < 4.78 is 10.9. The lowest BCUT2D eigenvalue weighted by Crippen LogP contribution is -2.23. The van der Waals surface area contributed by atoms with E-state index in [0.29, 0.717) is 16.5 Å². The van der Waals surface area contributed by atoms with Crippen LogP contribution >= 0.6 is 39.1 Å². The van der Waals surface area contributed by atoms with Crippen molar-refractivity contribution in [3.8, 4) is 5.75 Å². The first-order valence-corrected chi connectivity index (χ1v) is 8.28. The van der Waals surface area contributed by atoms with E-state index in [2.05, 4.69) is 21.2 Å². The Morgan fingerprint density at radius 1 is 1.08 bits per heavy atom. The highest BCUT2D eigenvalue weighted by molar-refractivity contribution is 9.10. The molecule has 0 fully saturated rings. The van der Waals surface area contributed by atoms with E-state index in [0.717, 1.165) is 4.47 Å². The standard InChI is InChI=1S/C16H12BrCl2NO4/c17-10-3-1-4-11(7-10)23-9-15(22)24-8-14(21)20-13-6-2-5-12(18)16(13)19/h1-7H,8-9H2,(H,20,21). The number of rotatable bonds is 6. The van der Waals surface area contributed by atoms with Gasteiger partial charge in [0.25, 0.3) is 5.91 Å². The first-order chi connectivity index (χ1) is 11.5. The minimum absolute atomic E-state index is 0.219. The Bertz CT molecular complexity index is 755. The summed E-state index contributed by atoms with van der Waals surface area (Å²) in [7, 11) is 0. The van der Waals surface area contributed by atoms with Crippen LogP contribution in [0.2, 0.25) is 10.0 Å². The summed E-state index contributed by atoms with van der Waals surface area (Å²) >= 11 is 15.1. The van der Waals surface area contributed by atoms with Crippen LogP contribution in [0.15, 0.2) is 46.9 Å². The summed E-state index contributed by atoms with van der Waals surface area (Å²) in [6, 6.07) is 11.8. The van der Waals surface area contributed by atoms with Gasteiger partial charge in [-0.15, -0.1) is 0 Å². The molecule has 0 aromatic heterocycles. The Labute approximate surface area is 157 Å². The fourth-order valence-corrected chi connectivity index (χ4v) is 2.40. The Morgan fingerprint density at radius 2 is 1.83 bits per heavy atom. The molecular formula is C16H12BrCl2NO4. The molecule has 24 heavy (non-hydrogen) atoms. The van der Waals surface area contributed by atoms with Crippen LogP contribution in [0, 0.1) is 0 Å². The van der Waals surface area contributed by atoms with Crippen LogP contribution in [0.25, 0.3) is 0 Å². The lowest BCUT2D eigenvalue weighted by atomic mass is 10.3. The number of carbonyl (C=O) groups excluding carboxylic acids is 2. The van der Waals surface area contributed by atoms with E-state index in [1.807, 2.05) is 6.07 Å². The van der Waals surface area contributed by atoms with Gasteiger partial charge in [0.15, 0.2) is 13.2 Å². The molecule has 2 aromatic rings. The SMILES string of the molecule is O=C(COC(=O)COc1cccc(Br)c1)Nc1cccc(Cl)c1Cl. The second kappa shape index (κ2) is 8.92. The van der Waals surface area contributed by atoms with Crippen molar-refractivity contribution in [2.24, 2.45) is 0 Å². The molecular weight excluding hydrogens is 421 g/mol. The van der Waals surface area contributed by atoms with Gasteiger partial charge in [-0.3, -0.25) is 4.79 Å². The van der Waals surface area contributed by atoms with E-state index < -0.39 is 18.5 Å². The second-order valence-corrected chi connectivity index (χ2v) is 6.26. The van der Waals surface area contributed by atoms with Gasteiger partial charge in [0, 0.05) is 4.47 Å². The predicted octanol–water partition coefficient (Wildman–Crippen LogP) is 4.32. The topological polar surface area (TPSA) is 64.6 Å². The van der Waals surface area contributed by atoms with Crippen molar-refractivity contribution in [1.29, 1.82) is 0 Å². The van der Waals surface area contributed by atoms with Gasteiger partial charge in [-0.25, -0.2) is 4.79 Å². The average molecular weight is 433 g/mol. The molecule has 0 bridgehead atoms. The van der Waals surface area contributed by atoms with Gasteiger partial charge in [0.05, 0.1) is 15.7 Å². The number of esters is 1. The monoisotopic (exact) mass is 431 g/mol. The molecule has 0 aliphatic heterocycles. The van der Waals surface area contributed by atoms with E-state index in [1.165, 1.54) is 0 Å². The summed E-state index contributed by atoms with van der Waals surface area (Å²) in [4.78, 5) is 23.4. The molecule has 8 heteroatoms. The maximum absolute atomic E-state index is 11.8. The van der Waals surface area contributed by atoms with Gasteiger partial charge in [-0.05, 0) is 30.3 Å². The summed E-state index contributed by atoms with van der Waals surface area (Å²) in [5.41, 5.74) is 0.343. The Hall–Kier alpha value is -1.76. The van der Waals surface area contributed by atoms with Crippen LogP contribution in [0.1, 0.15) is 0 Å². The first-order valence-electron chi connectivity index (χ1n) is 6.73. The van der Waals surface area contributed by atoms with E-state index in [9.17, 15) is 9.59 Å². The molecule has 1 amide bonds. The van der Waals surface area contributed by atoms with Crippen molar-refractivity contribution in [2.75, 3.05) is 18.5 Å². The van der Waals surface area contributed by atoms with Crippen LogP contribution in [-0.4, -0.2) is 25.1 Å². The van der Waals surface area contributed by atoms with E-state index >= 15 is 0 Å². The Morgan fingerprint density at radius 3 is 2.58 bits per heavy atom. The largest absolute Gasteiger partial charge is 0.482 e. The van der Waals surface area contributed by atoms with Gasteiger partial charge in [0.2, 0.25) is 0 Å². The highest BCUT2D eigenvalue weighted by atomic mass is 79.9. The molecule has 2 rings (SSSR count). The van der Waals surface area contributed by atoms with Crippen molar-refractivity contribution in [3.63, 3.8) is 0 Å². The molecule has 5 nitrogen and oxygen atoms in total. The minimum atomic E-state index is -0.665. The van der Waals surface area contributed by atoms with Crippen molar-refractivity contribution in [2.45, 2.75) is 0 Å². The number of amides is 1. The van der Waals surface area contributed by atoms with Crippen molar-refractivity contribution < 1.29 is 19.1 Å². The number of carbonyl (C=O) groups is 2. The number of halogens is 3. The predicted molar refractivity (Wildman–Crippen MR) is 95.7 cm³/mol. The highest BCUT2D eigenvalue weighted by Crippen LogP contribution is 2.29. The molecule has 0 heterocycles. The maximum atomic E-state index is 11.8. The van der Waals surface area contributed by atoms with Gasteiger partial charge < -0.3 is 14.8 Å². The Kier molecular flexibility index (Phi) is 6.90. The maximum Gasteiger partial charge on any atom is 0.344 e. The van der Waals surface area contributed by atoms with Gasteiger partial charge in [0.1, 0.15) is 5.75 Å². The second-order valence-electron chi connectivity index (χ2n) is 4.56. The number of hydrogen-bond acceptors (Lipinski definition) is 4. The summed E-state index contributed by atoms with van der Waals surface area (Å²) in [6.45, 7) is -0.759. The highest BCUT2D eigenvalue weighted by Gasteiger charge is 2.11. The first kappa shape index (κ1) is 18.6. The molecule has 0 saturated carbocycles. The minimum Gasteiger partial charge on any atom is -0.482 e. The molecule has 0 saturated heterocycles. The zero-order valence-electron chi connectivity index (χ0n) is 12.2. The van der Waals surface area contributed by atoms with Crippen molar-refractivity contribution in [3.05, 3.63) is 57.0 Å². The van der Waals surface area contributed by atoms with Crippen LogP contribution in [0.3, 0.4) is 0 Å². The van der Waals surface area contributed by atoms with E-state index in [-0.39, 0.29) is 11.6 Å². The normalized spacial score (nSPS) is 10.1. The Balaban J connectivity index is 1.77. The molecule has 1 N–H and O–H groups in total. The van der Waals surface area contributed by atoms with E-state index in [4.69, 9.17) is 32.7 Å². The molecule has 0 aliphatic carbocycles. The number of anilines is 1. The lowest BCUT2D eigenvalue weighted by Gasteiger charge is -2.09. The number of nitrogens with one attached hydrogen (secondary N) is 1. The number of benzene rings is 2. The fourth-order valence-electron chi connectivity index (χ4n) is 1.67.